The van der Waals surface area contributed by atoms with E-state index in [2.05, 4.69) is 5.32 Å². The van der Waals surface area contributed by atoms with Gasteiger partial charge in [0, 0.05) is 27.8 Å². The van der Waals surface area contributed by atoms with Gasteiger partial charge in [0.1, 0.15) is 5.75 Å². The van der Waals surface area contributed by atoms with Gasteiger partial charge in [-0.15, -0.1) is 0 Å². The second kappa shape index (κ2) is 6.11. The lowest BCUT2D eigenvalue weighted by Crippen LogP contribution is -2.30. The summed E-state index contributed by atoms with van der Waals surface area (Å²) in [5.74, 6) is -0.228. The van der Waals surface area contributed by atoms with Gasteiger partial charge in [0.25, 0.3) is 0 Å². The molecule has 1 amide bonds. The Hall–Kier alpha value is -1.20. The predicted molar refractivity (Wildman–Crippen MR) is 75.7 cm³/mol. The highest BCUT2D eigenvalue weighted by molar-refractivity contribution is 7.87. The van der Waals surface area contributed by atoms with Gasteiger partial charge in [-0.1, -0.05) is 12.1 Å². The number of nitrogens with one attached hydrogen (secondary N) is 1. The van der Waals surface area contributed by atoms with Gasteiger partial charge in [-0.25, -0.2) is 0 Å². The Bertz CT molecular complexity index is 453. The average Bonchev–Trinajstić information content (AvgIpc) is 2.27. The van der Waals surface area contributed by atoms with Gasteiger partial charge >= 0.3 is 0 Å². The van der Waals surface area contributed by atoms with Crippen molar-refractivity contribution in [1.29, 1.82) is 0 Å². The summed E-state index contributed by atoms with van der Waals surface area (Å²) in [6.45, 7) is 5.99. The Kier molecular flexibility index (Phi) is 5.04. The van der Waals surface area contributed by atoms with Crippen molar-refractivity contribution in [3.63, 3.8) is 0 Å². The summed E-state index contributed by atoms with van der Waals surface area (Å²) in [6, 6.07) is 7.33. The van der Waals surface area contributed by atoms with Crippen molar-refractivity contribution in [2.24, 2.45) is 5.73 Å². The third-order valence-electron chi connectivity index (χ3n) is 2.39. The van der Waals surface area contributed by atoms with Gasteiger partial charge in [0.15, 0.2) is 0 Å². The number of carbonyl (C=O) groups is 1. The summed E-state index contributed by atoms with van der Waals surface area (Å²) in [5.41, 5.74) is 7.16. The van der Waals surface area contributed by atoms with Crippen LogP contribution in [-0.2, 0) is 22.1 Å². The average molecular weight is 268 g/mol. The molecule has 1 rings (SSSR count). The second-order valence-electron chi connectivity index (χ2n) is 5.05. The molecule has 3 N–H and O–H groups in total. The van der Waals surface area contributed by atoms with E-state index in [0.29, 0.717) is 12.2 Å². The first kappa shape index (κ1) is 14.9. The molecular formula is C13H20N2O2S. The number of nitrogens with two attached hydrogens (primary N) is 1. The van der Waals surface area contributed by atoms with Crippen LogP contribution in [-0.4, -0.2) is 20.6 Å². The molecule has 0 aliphatic rings. The molecule has 100 valence electrons. The van der Waals surface area contributed by atoms with E-state index in [-0.39, 0.29) is 16.4 Å². The van der Waals surface area contributed by atoms with E-state index in [4.69, 9.17) is 5.73 Å². The first-order valence-electron chi connectivity index (χ1n) is 5.80. The second-order valence-corrected chi connectivity index (χ2v) is 7.26. The standard InChI is InChI=1S/C13H20N2O2S/c1-13(2,3)18(17)9-12(16)15-11-6-4-5-10(7-11)8-14/h4-7H,8-9,14H2,1-3H3,(H,15,16). The third-order valence-corrected chi connectivity index (χ3v) is 4.28. The minimum Gasteiger partial charge on any atom is -0.326 e. The normalized spacial score (nSPS) is 13.1. The molecule has 4 nitrogen and oxygen atoms in total. The van der Waals surface area contributed by atoms with E-state index < -0.39 is 10.8 Å². The maximum atomic E-state index is 11.8. The van der Waals surface area contributed by atoms with Gasteiger partial charge in [0.05, 0.1) is 0 Å². The summed E-state index contributed by atoms with van der Waals surface area (Å²) in [6.07, 6.45) is 0. The van der Waals surface area contributed by atoms with Crippen molar-refractivity contribution in [3.05, 3.63) is 29.8 Å². The van der Waals surface area contributed by atoms with Crippen LogP contribution < -0.4 is 11.1 Å². The van der Waals surface area contributed by atoms with E-state index in [1.807, 2.05) is 39.0 Å². The van der Waals surface area contributed by atoms with Gasteiger partial charge < -0.3 is 11.1 Å². The van der Waals surface area contributed by atoms with Crippen LogP contribution in [0, 0.1) is 0 Å². The molecule has 0 heterocycles. The Balaban J connectivity index is 2.62. The van der Waals surface area contributed by atoms with E-state index in [9.17, 15) is 9.00 Å². The van der Waals surface area contributed by atoms with Crippen LogP contribution in [0.15, 0.2) is 24.3 Å². The summed E-state index contributed by atoms with van der Waals surface area (Å²) >= 11 is 0. The van der Waals surface area contributed by atoms with Crippen molar-refractivity contribution in [1.82, 2.24) is 0 Å². The van der Waals surface area contributed by atoms with Gasteiger partial charge in [-0.3, -0.25) is 9.00 Å². The minimum atomic E-state index is -1.18. The Labute approximate surface area is 110 Å². The lowest BCUT2D eigenvalue weighted by Gasteiger charge is -2.17. The van der Waals surface area contributed by atoms with E-state index in [1.54, 1.807) is 6.07 Å². The van der Waals surface area contributed by atoms with Crippen molar-refractivity contribution in [2.45, 2.75) is 32.1 Å². The number of hydrogen-bond donors (Lipinski definition) is 2. The molecular weight excluding hydrogens is 248 g/mol. The monoisotopic (exact) mass is 268 g/mol. The molecule has 0 bridgehead atoms. The molecule has 0 radical (unpaired) electrons. The molecule has 5 heteroatoms. The molecule has 0 aliphatic heterocycles. The van der Waals surface area contributed by atoms with Crippen LogP contribution >= 0.6 is 0 Å². The SMILES string of the molecule is CC(C)(C)S(=O)CC(=O)Nc1cccc(CN)c1. The minimum absolute atomic E-state index is 0.0103. The maximum absolute atomic E-state index is 11.8. The highest BCUT2D eigenvalue weighted by atomic mass is 32.2. The molecule has 18 heavy (non-hydrogen) atoms. The number of amides is 1. The third kappa shape index (κ3) is 4.58. The largest absolute Gasteiger partial charge is 0.326 e. The molecule has 1 atom stereocenters. The topological polar surface area (TPSA) is 72.2 Å². The molecule has 0 aromatic heterocycles. The molecule has 1 aromatic rings. The van der Waals surface area contributed by atoms with Gasteiger partial charge in [-0.05, 0) is 38.5 Å². The van der Waals surface area contributed by atoms with Crippen LogP contribution in [0.4, 0.5) is 5.69 Å². The van der Waals surface area contributed by atoms with Crippen molar-refractivity contribution in [2.75, 3.05) is 11.1 Å². The maximum Gasteiger partial charge on any atom is 0.237 e. The fourth-order valence-corrected chi connectivity index (χ4v) is 2.05. The summed E-state index contributed by atoms with van der Waals surface area (Å²) < 4.78 is 11.4. The van der Waals surface area contributed by atoms with Crippen molar-refractivity contribution < 1.29 is 9.00 Å². The van der Waals surface area contributed by atoms with Crippen molar-refractivity contribution >= 4 is 22.4 Å². The molecule has 0 aliphatic carbocycles. The first-order valence-corrected chi connectivity index (χ1v) is 7.12. The molecule has 0 fully saturated rings. The number of rotatable bonds is 4. The van der Waals surface area contributed by atoms with Crippen LogP contribution in [0.25, 0.3) is 0 Å². The quantitative estimate of drug-likeness (QED) is 0.871. The predicted octanol–water partition coefficient (Wildman–Crippen LogP) is 1.63. The number of anilines is 1. The number of benzene rings is 1. The Morgan fingerprint density at radius 1 is 1.39 bits per heavy atom. The van der Waals surface area contributed by atoms with E-state index in [0.717, 1.165) is 5.56 Å². The summed E-state index contributed by atoms with van der Waals surface area (Å²) in [4.78, 5) is 11.7. The zero-order valence-corrected chi connectivity index (χ0v) is 11.8. The lowest BCUT2D eigenvalue weighted by atomic mass is 10.2. The fourth-order valence-electron chi connectivity index (χ4n) is 1.31. The van der Waals surface area contributed by atoms with Crippen LogP contribution in [0.1, 0.15) is 26.3 Å². The Morgan fingerprint density at radius 3 is 2.61 bits per heavy atom. The molecule has 0 saturated carbocycles. The molecule has 1 aromatic carbocycles. The fraction of sp³-hybridized carbons (Fsp3) is 0.462. The van der Waals surface area contributed by atoms with Crippen LogP contribution in [0.2, 0.25) is 0 Å². The number of carbonyl (C=O) groups excluding carboxylic acids is 1. The van der Waals surface area contributed by atoms with E-state index in [1.165, 1.54) is 0 Å². The zero-order valence-electron chi connectivity index (χ0n) is 11.0. The highest BCUT2D eigenvalue weighted by Gasteiger charge is 2.21. The van der Waals surface area contributed by atoms with Gasteiger partial charge in [0.2, 0.25) is 5.91 Å². The van der Waals surface area contributed by atoms with Crippen molar-refractivity contribution in [3.8, 4) is 0 Å². The van der Waals surface area contributed by atoms with Gasteiger partial charge in [-0.2, -0.15) is 0 Å². The molecule has 0 spiro atoms. The summed E-state index contributed by atoms with van der Waals surface area (Å²) in [5, 5.41) is 2.73. The first-order chi connectivity index (χ1) is 8.32. The molecule has 0 saturated heterocycles. The smallest absolute Gasteiger partial charge is 0.237 e. The summed E-state index contributed by atoms with van der Waals surface area (Å²) in [7, 11) is -1.18. The van der Waals surface area contributed by atoms with Crippen LogP contribution in [0.3, 0.4) is 0 Å². The van der Waals surface area contributed by atoms with E-state index >= 15 is 0 Å². The Morgan fingerprint density at radius 2 is 2.06 bits per heavy atom. The molecule has 1 unspecified atom stereocenters. The highest BCUT2D eigenvalue weighted by Crippen LogP contribution is 2.13. The van der Waals surface area contributed by atoms with Crippen LogP contribution in [0.5, 0.6) is 0 Å². The lowest BCUT2D eigenvalue weighted by molar-refractivity contribution is -0.113. The number of hydrogen-bond acceptors (Lipinski definition) is 3. The zero-order chi connectivity index (χ0) is 13.8.